The molecular formula is C28H27ClN6O3. The molecule has 1 saturated carbocycles. The molecule has 3 aromatic rings. The second-order valence-electron chi connectivity index (χ2n) is 10.7. The van der Waals surface area contributed by atoms with Gasteiger partial charge in [0.1, 0.15) is 23.4 Å². The number of likely N-dealkylation sites (tertiary alicyclic amines) is 1. The highest BCUT2D eigenvalue weighted by atomic mass is 35.5. The number of nitrogens with zero attached hydrogens (tertiary/aromatic N) is 4. The van der Waals surface area contributed by atoms with E-state index < -0.39 is 17.5 Å². The highest BCUT2D eigenvalue weighted by Gasteiger charge is 2.57. The SMILES string of the molecule is Cc1ccc2cc(C(=O)N(C)C(CC3CC3)C(=O)N3C[C@]4(C[C@H]3C#N)C(=O)Nc3ccc(Cl)cc34)[nH]c2n1. The zero-order valence-corrected chi connectivity index (χ0v) is 21.9. The van der Waals surface area contributed by atoms with Crippen molar-refractivity contribution in [3.63, 3.8) is 0 Å². The van der Waals surface area contributed by atoms with Gasteiger partial charge in [0, 0.05) is 41.8 Å². The van der Waals surface area contributed by atoms with Crippen molar-refractivity contribution in [3.05, 3.63) is 58.4 Å². The lowest BCUT2D eigenvalue weighted by atomic mass is 9.80. The Morgan fingerprint density at radius 3 is 2.82 bits per heavy atom. The van der Waals surface area contributed by atoms with Crippen LogP contribution in [0.5, 0.6) is 0 Å². The molecule has 2 fully saturated rings. The van der Waals surface area contributed by atoms with Crippen molar-refractivity contribution < 1.29 is 14.4 Å². The first-order valence-corrected chi connectivity index (χ1v) is 13.1. The quantitative estimate of drug-likeness (QED) is 0.520. The number of benzene rings is 1. The molecule has 10 heteroatoms. The van der Waals surface area contributed by atoms with Gasteiger partial charge in [-0.3, -0.25) is 14.4 Å². The molecule has 1 aromatic carbocycles. The highest BCUT2D eigenvalue weighted by molar-refractivity contribution is 6.31. The molecule has 3 aliphatic rings. The highest BCUT2D eigenvalue weighted by Crippen LogP contribution is 2.47. The van der Waals surface area contributed by atoms with Gasteiger partial charge >= 0.3 is 0 Å². The van der Waals surface area contributed by atoms with Crippen molar-refractivity contribution >= 4 is 46.0 Å². The van der Waals surface area contributed by atoms with Gasteiger partial charge in [0.2, 0.25) is 11.8 Å². The number of hydrogen-bond donors (Lipinski definition) is 2. The maximum atomic E-state index is 14.1. The molecule has 1 unspecified atom stereocenters. The summed E-state index contributed by atoms with van der Waals surface area (Å²) in [6, 6.07) is 11.4. The van der Waals surface area contributed by atoms with Crippen LogP contribution in [0.4, 0.5) is 5.69 Å². The summed E-state index contributed by atoms with van der Waals surface area (Å²) in [4.78, 5) is 51.4. The summed E-state index contributed by atoms with van der Waals surface area (Å²) < 4.78 is 0. The molecule has 194 valence electrons. The van der Waals surface area contributed by atoms with Gasteiger partial charge in [0.15, 0.2) is 0 Å². The smallest absolute Gasteiger partial charge is 0.270 e. The van der Waals surface area contributed by atoms with Crippen LogP contribution in [0, 0.1) is 24.2 Å². The van der Waals surface area contributed by atoms with Gasteiger partial charge in [0.25, 0.3) is 5.91 Å². The Kier molecular flexibility index (Phi) is 5.69. The number of likely N-dealkylation sites (N-methyl/N-ethyl adjacent to an activating group) is 1. The van der Waals surface area contributed by atoms with E-state index in [0.29, 0.717) is 40.0 Å². The first-order chi connectivity index (χ1) is 18.2. The van der Waals surface area contributed by atoms with Crippen LogP contribution in [0.3, 0.4) is 0 Å². The molecule has 1 aliphatic carbocycles. The fraction of sp³-hybridized carbons (Fsp3) is 0.393. The fourth-order valence-electron chi connectivity index (χ4n) is 5.83. The maximum Gasteiger partial charge on any atom is 0.270 e. The number of halogens is 1. The van der Waals surface area contributed by atoms with Gasteiger partial charge in [-0.25, -0.2) is 4.98 Å². The fourth-order valence-corrected chi connectivity index (χ4v) is 6.01. The molecule has 9 nitrogen and oxygen atoms in total. The number of carbonyl (C=O) groups excluding carboxylic acids is 3. The van der Waals surface area contributed by atoms with Crippen LogP contribution in [-0.4, -0.2) is 63.2 Å². The third kappa shape index (κ3) is 3.91. The first-order valence-electron chi connectivity index (χ1n) is 12.8. The number of nitriles is 1. The van der Waals surface area contributed by atoms with E-state index in [1.165, 1.54) is 9.80 Å². The van der Waals surface area contributed by atoms with Gasteiger partial charge in [-0.1, -0.05) is 24.4 Å². The van der Waals surface area contributed by atoms with Gasteiger partial charge in [-0.2, -0.15) is 5.26 Å². The number of rotatable bonds is 5. The number of aromatic nitrogens is 2. The number of nitrogens with one attached hydrogen (secondary N) is 2. The molecule has 4 heterocycles. The second-order valence-corrected chi connectivity index (χ2v) is 11.2. The molecule has 0 radical (unpaired) electrons. The normalized spacial score (nSPS) is 22.8. The zero-order valence-electron chi connectivity index (χ0n) is 21.1. The minimum atomic E-state index is -1.05. The van der Waals surface area contributed by atoms with E-state index >= 15 is 0 Å². The predicted molar refractivity (Wildman–Crippen MR) is 142 cm³/mol. The average Bonchev–Trinajstić information content (AvgIpc) is 3.39. The van der Waals surface area contributed by atoms with E-state index in [2.05, 4.69) is 21.4 Å². The Hall–Kier alpha value is -3.90. The lowest BCUT2D eigenvalue weighted by molar-refractivity contribution is -0.136. The van der Waals surface area contributed by atoms with Crippen molar-refractivity contribution in [2.75, 3.05) is 18.9 Å². The average molecular weight is 531 g/mol. The summed E-state index contributed by atoms with van der Waals surface area (Å²) in [5.74, 6) is -0.533. The molecule has 6 rings (SSSR count). The third-order valence-corrected chi connectivity index (χ3v) is 8.38. The summed E-state index contributed by atoms with van der Waals surface area (Å²) in [5.41, 5.74) is 2.09. The number of aromatic amines is 1. The molecule has 3 atom stereocenters. The van der Waals surface area contributed by atoms with Crippen LogP contribution in [0.2, 0.25) is 5.02 Å². The van der Waals surface area contributed by atoms with Crippen LogP contribution in [0.15, 0.2) is 36.4 Å². The first kappa shape index (κ1) is 24.4. The molecule has 38 heavy (non-hydrogen) atoms. The van der Waals surface area contributed by atoms with Crippen LogP contribution in [0.25, 0.3) is 11.0 Å². The van der Waals surface area contributed by atoms with E-state index in [-0.39, 0.29) is 30.7 Å². The monoisotopic (exact) mass is 530 g/mol. The van der Waals surface area contributed by atoms with Crippen molar-refractivity contribution in [2.24, 2.45) is 5.92 Å². The molecule has 0 bridgehead atoms. The minimum Gasteiger partial charge on any atom is -0.335 e. The number of H-pyrrole nitrogens is 1. The van der Waals surface area contributed by atoms with Crippen molar-refractivity contribution in [2.45, 2.75) is 50.1 Å². The van der Waals surface area contributed by atoms with E-state index in [1.54, 1.807) is 31.3 Å². The van der Waals surface area contributed by atoms with E-state index in [4.69, 9.17) is 11.6 Å². The number of aryl methyl sites for hydroxylation is 1. The molecule has 2 N–H and O–H groups in total. The maximum absolute atomic E-state index is 14.1. The summed E-state index contributed by atoms with van der Waals surface area (Å²) in [7, 11) is 1.63. The lowest BCUT2D eigenvalue weighted by Gasteiger charge is -2.32. The summed E-state index contributed by atoms with van der Waals surface area (Å²) in [6.07, 6.45) is 2.69. The minimum absolute atomic E-state index is 0.0576. The number of fused-ring (bicyclic) bond motifs is 3. The van der Waals surface area contributed by atoms with Crippen molar-refractivity contribution in [3.8, 4) is 6.07 Å². The Morgan fingerprint density at radius 2 is 2.08 bits per heavy atom. The van der Waals surface area contributed by atoms with Crippen LogP contribution in [0.1, 0.15) is 47.4 Å². The molecule has 3 amide bonds. The van der Waals surface area contributed by atoms with Crippen LogP contribution in [-0.2, 0) is 15.0 Å². The van der Waals surface area contributed by atoms with E-state index in [1.807, 2.05) is 19.1 Å². The van der Waals surface area contributed by atoms with Gasteiger partial charge < -0.3 is 20.1 Å². The van der Waals surface area contributed by atoms with Crippen molar-refractivity contribution in [1.82, 2.24) is 19.8 Å². The molecule has 2 aliphatic heterocycles. The van der Waals surface area contributed by atoms with Crippen LogP contribution >= 0.6 is 11.6 Å². The number of anilines is 1. The molecule has 1 saturated heterocycles. The summed E-state index contributed by atoms with van der Waals surface area (Å²) >= 11 is 6.25. The predicted octanol–water partition coefficient (Wildman–Crippen LogP) is 3.78. The van der Waals surface area contributed by atoms with E-state index in [0.717, 1.165) is 23.9 Å². The standard InChI is InChI=1S/C28H27ClN6O3/c1-15-3-6-17-10-22(32-24(17)31-15)25(36)34(2)23(9-16-4-5-16)26(37)35-14-28(12-19(35)13-30)20-11-18(29)7-8-21(20)33-27(28)38/h3,6-8,10-11,16,19,23H,4-5,9,12,14H2,1-2H3,(H,31,32)(H,33,38)/t19-,23?,28-/m0/s1. The van der Waals surface area contributed by atoms with Gasteiger partial charge in [-0.15, -0.1) is 0 Å². The number of hydrogen-bond acceptors (Lipinski definition) is 5. The number of pyridine rings is 1. The van der Waals surface area contributed by atoms with Gasteiger partial charge in [-0.05, 0) is 61.2 Å². The number of amides is 3. The Labute approximate surface area is 224 Å². The summed E-state index contributed by atoms with van der Waals surface area (Å²) in [6.45, 7) is 1.94. The van der Waals surface area contributed by atoms with Gasteiger partial charge in [0.05, 0.1) is 11.5 Å². The Morgan fingerprint density at radius 1 is 1.29 bits per heavy atom. The van der Waals surface area contributed by atoms with E-state index in [9.17, 15) is 19.6 Å². The second kappa shape index (κ2) is 8.84. The van der Waals surface area contributed by atoms with Crippen molar-refractivity contribution in [1.29, 1.82) is 5.26 Å². The third-order valence-electron chi connectivity index (χ3n) is 8.15. The summed E-state index contributed by atoms with van der Waals surface area (Å²) in [5, 5.41) is 14.2. The molecule has 1 spiro atoms. The lowest BCUT2D eigenvalue weighted by Crippen LogP contribution is -2.51. The zero-order chi connectivity index (χ0) is 26.8. The largest absolute Gasteiger partial charge is 0.335 e. The Bertz CT molecular complexity index is 1540. The molecule has 2 aromatic heterocycles. The number of carbonyl (C=O) groups is 3. The Balaban J connectivity index is 1.31. The topological polar surface area (TPSA) is 122 Å². The van der Waals surface area contributed by atoms with Crippen LogP contribution < -0.4 is 5.32 Å². The molecular weight excluding hydrogens is 504 g/mol.